The van der Waals surface area contributed by atoms with Crippen molar-refractivity contribution in [3.8, 4) is 0 Å². The molecular weight excluding hydrogens is 298 g/mol. The van der Waals surface area contributed by atoms with Crippen LogP contribution in [0.15, 0.2) is 23.8 Å². The Kier molecular flexibility index (Phi) is 4.84. The number of aromatic nitrogens is 3. The number of nitrogens with zero attached hydrogens (tertiary/aromatic N) is 3. The number of carbonyl (C=O) groups is 1. The molecule has 2 atom stereocenters. The number of hydrogen-bond acceptors (Lipinski definition) is 5. The molecule has 1 amide bonds. The van der Waals surface area contributed by atoms with Gasteiger partial charge in [0.2, 0.25) is 5.91 Å². The van der Waals surface area contributed by atoms with Crippen molar-refractivity contribution in [2.24, 2.45) is 0 Å². The molecule has 1 aliphatic rings. The maximum atomic E-state index is 12.3. The molecule has 2 aromatic heterocycles. The van der Waals surface area contributed by atoms with Gasteiger partial charge in [0, 0.05) is 4.88 Å². The molecule has 0 bridgehead atoms. The molecule has 2 unspecified atom stereocenters. The van der Waals surface area contributed by atoms with Gasteiger partial charge in [-0.1, -0.05) is 12.5 Å². The monoisotopic (exact) mass is 319 g/mol. The van der Waals surface area contributed by atoms with Crippen molar-refractivity contribution in [1.29, 1.82) is 0 Å². The molecule has 7 heteroatoms. The first-order chi connectivity index (χ1) is 10.7. The third kappa shape index (κ3) is 3.53. The lowest BCUT2D eigenvalue weighted by molar-refractivity contribution is -0.123. The maximum Gasteiger partial charge on any atom is 0.234 e. The summed E-state index contributed by atoms with van der Waals surface area (Å²) in [6.45, 7) is 3.35. The number of amides is 1. The lowest BCUT2D eigenvalue weighted by atomic mass is 10.0. The molecule has 6 nitrogen and oxygen atoms in total. The van der Waals surface area contributed by atoms with E-state index in [4.69, 9.17) is 0 Å². The van der Waals surface area contributed by atoms with E-state index < -0.39 is 0 Å². The second-order valence-corrected chi connectivity index (χ2v) is 6.64. The van der Waals surface area contributed by atoms with Gasteiger partial charge in [-0.2, -0.15) is 5.10 Å². The number of likely N-dealkylation sites (tertiary alicyclic amines) is 1. The van der Waals surface area contributed by atoms with Crippen molar-refractivity contribution in [2.45, 2.75) is 38.3 Å². The van der Waals surface area contributed by atoms with Gasteiger partial charge in [-0.15, -0.1) is 11.3 Å². The lowest BCUT2D eigenvalue weighted by Gasteiger charge is -2.33. The number of H-pyrrole nitrogens is 1. The highest BCUT2D eigenvalue weighted by Crippen LogP contribution is 2.28. The third-order valence-electron chi connectivity index (χ3n) is 4.06. The molecule has 2 N–H and O–H groups in total. The van der Waals surface area contributed by atoms with Crippen LogP contribution in [0.3, 0.4) is 0 Å². The SMILES string of the molecule is CC(NC(=O)CN1CCCCC1c1ncn[nH]1)c1cccs1. The average Bonchev–Trinajstić information content (AvgIpc) is 3.21. The maximum absolute atomic E-state index is 12.3. The van der Waals surface area contributed by atoms with Crippen molar-refractivity contribution < 1.29 is 4.79 Å². The second kappa shape index (κ2) is 7.02. The highest BCUT2D eigenvalue weighted by molar-refractivity contribution is 7.10. The molecule has 3 heterocycles. The smallest absolute Gasteiger partial charge is 0.234 e. The normalized spacial score (nSPS) is 20.7. The van der Waals surface area contributed by atoms with Crippen molar-refractivity contribution in [2.75, 3.05) is 13.1 Å². The number of piperidine rings is 1. The Morgan fingerprint density at radius 2 is 2.50 bits per heavy atom. The number of rotatable bonds is 5. The zero-order valence-electron chi connectivity index (χ0n) is 12.7. The van der Waals surface area contributed by atoms with Crippen LogP contribution in [0, 0.1) is 0 Å². The number of hydrogen-bond donors (Lipinski definition) is 2. The Morgan fingerprint density at radius 1 is 1.59 bits per heavy atom. The summed E-state index contributed by atoms with van der Waals surface area (Å²) in [7, 11) is 0. The molecule has 0 spiro atoms. The fourth-order valence-electron chi connectivity index (χ4n) is 2.95. The third-order valence-corrected chi connectivity index (χ3v) is 5.11. The summed E-state index contributed by atoms with van der Waals surface area (Å²) in [4.78, 5) is 20.0. The molecule has 2 aromatic rings. The summed E-state index contributed by atoms with van der Waals surface area (Å²) >= 11 is 1.67. The molecular formula is C15H21N5OS. The summed E-state index contributed by atoms with van der Waals surface area (Å²) in [6, 6.07) is 4.28. The molecule has 118 valence electrons. The van der Waals surface area contributed by atoms with Crippen LogP contribution in [0.25, 0.3) is 0 Å². The van der Waals surface area contributed by atoms with Crippen LogP contribution in [0.4, 0.5) is 0 Å². The van der Waals surface area contributed by atoms with E-state index in [0.29, 0.717) is 6.54 Å². The Bertz CT molecular complexity index is 583. The Balaban J connectivity index is 1.59. The van der Waals surface area contributed by atoms with E-state index in [9.17, 15) is 4.79 Å². The van der Waals surface area contributed by atoms with E-state index in [-0.39, 0.29) is 18.0 Å². The molecule has 0 saturated carbocycles. The lowest BCUT2D eigenvalue weighted by Crippen LogP contribution is -2.42. The van der Waals surface area contributed by atoms with E-state index in [2.05, 4.69) is 25.4 Å². The molecule has 0 aromatic carbocycles. The molecule has 22 heavy (non-hydrogen) atoms. The zero-order chi connectivity index (χ0) is 15.4. The largest absolute Gasteiger partial charge is 0.348 e. The van der Waals surface area contributed by atoms with Gasteiger partial charge in [-0.25, -0.2) is 4.98 Å². The van der Waals surface area contributed by atoms with Crippen molar-refractivity contribution in [3.05, 3.63) is 34.5 Å². The fourth-order valence-corrected chi connectivity index (χ4v) is 3.68. The predicted molar refractivity (Wildman–Crippen MR) is 85.4 cm³/mol. The summed E-state index contributed by atoms with van der Waals surface area (Å²) in [5, 5.41) is 12.0. The highest BCUT2D eigenvalue weighted by Gasteiger charge is 2.27. The fraction of sp³-hybridized carbons (Fsp3) is 0.533. The van der Waals surface area contributed by atoms with E-state index >= 15 is 0 Å². The van der Waals surface area contributed by atoms with Crippen LogP contribution in [-0.2, 0) is 4.79 Å². The number of nitrogens with one attached hydrogen (secondary N) is 2. The highest BCUT2D eigenvalue weighted by atomic mass is 32.1. The first-order valence-corrected chi connectivity index (χ1v) is 8.54. The minimum Gasteiger partial charge on any atom is -0.348 e. The van der Waals surface area contributed by atoms with Crippen LogP contribution in [0.2, 0.25) is 0 Å². The van der Waals surface area contributed by atoms with Crippen LogP contribution in [0.1, 0.15) is 49.0 Å². The van der Waals surface area contributed by atoms with Crippen LogP contribution in [-0.4, -0.2) is 39.1 Å². The molecule has 1 fully saturated rings. The topological polar surface area (TPSA) is 73.9 Å². The van der Waals surface area contributed by atoms with E-state index in [0.717, 1.165) is 31.6 Å². The molecule has 0 aliphatic carbocycles. The Labute approximate surface area is 133 Å². The van der Waals surface area contributed by atoms with Gasteiger partial charge in [0.25, 0.3) is 0 Å². The van der Waals surface area contributed by atoms with Gasteiger partial charge >= 0.3 is 0 Å². The molecule has 3 rings (SSSR count). The van der Waals surface area contributed by atoms with Crippen LogP contribution in [0.5, 0.6) is 0 Å². The summed E-state index contributed by atoms with van der Waals surface area (Å²) < 4.78 is 0. The first kappa shape index (κ1) is 15.2. The Hall–Kier alpha value is -1.73. The average molecular weight is 319 g/mol. The standard InChI is InChI=1S/C15H21N5OS/c1-11(13-6-4-8-22-13)18-14(21)9-20-7-3-2-5-12(20)15-16-10-17-19-15/h4,6,8,10-12H,2-3,5,7,9H2,1H3,(H,18,21)(H,16,17,19). The molecule has 1 saturated heterocycles. The van der Waals surface area contributed by atoms with E-state index in [1.54, 1.807) is 11.3 Å². The van der Waals surface area contributed by atoms with Gasteiger partial charge in [0.05, 0.1) is 18.6 Å². The predicted octanol–water partition coefficient (Wildman–Crippen LogP) is 2.27. The summed E-state index contributed by atoms with van der Waals surface area (Å²) in [5.74, 6) is 0.922. The minimum atomic E-state index is 0.0565. The van der Waals surface area contributed by atoms with Gasteiger partial charge in [0.15, 0.2) is 0 Å². The van der Waals surface area contributed by atoms with Gasteiger partial charge in [-0.3, -0.25) is 14.8 Å². The summed E-state index contributed by atoms with van der Waals surface area (Å²) in [5.41, 5.74) is 0. The van der Waals surface area contributed by atoms with E-state index in [1.807, 2.05) is 24.4 Å². The van der Waals surface area contributed by atoms with Crippen LogP contribution >= 0.6 is 11.3 Å². The van der Waals surface area contributed by atoms with Crippen molar-refractivity contribution >= 4 is 17.2 Å². The van der Waals surface area contributed by atoms with Gasteiger partial charge in [0.1, 0.15) is 12.2 Å². The van der Waals surface area contributed by atoms with Crippen molar-refractivity contribution in [1.82, 2.24) is 25.4 Å². The van der Waals surface area contributed by atoms with E-state index in [1.165, 1.54) is 11.2 Å². The Morgan fingerprint density at radius 3 is 3.23 bits per heavy atom. The quantitative estimate of drug-likeness (QED) is 0.886. The minimum absolute atomic E-state index is 0.0565. The number of thiophene rings is 1. The number of carbonyl (C=O) groups excluding carboxylic acids is 1. The van der Waals surface area contributed by atoms with Gasteiger partial charge < -0.3 is 5.32 Å². The van der Waals surface area contributed by atoms with Crippen LogP contribution < -0.4 is 5.32 Å². The number of aromatic amines is 1. The summed E-state index contributed by atoms with van der Waals surface area (Å²) in [6.07, 6.45) is 4.83. The zero-order valence-corrected chi connectivity index (χ0v) is 13.5. The van der Waals surface area contributed by atoms with Crippen molar-refractivity contribution in [3.63, 3.8) is 0 Å². The van der Waals surface area contributed by atoms with Gasteiger partial charge in [-0.05, 0) is 37.8 Å². The second-order valence-electron chi connectivity index (χ2n) is 5.66. The first-order valence-electron chi connectivity index (χ1n) is 7.66. The molecule has 1 aliphatic heterocycles. The molecule has 0 radical (unpaired) electrons.